The van der Waals surface area contributed by atoms with Gasteiger partial charge in [-0.3, -0.25) is 0 Å². The number of aromatic nitrogens is 3. The fraction of sp³-hybridized carbons (Fsp3) is 0.308. The van der Waals surface area contributed by atoms with Crippen molar-refractivity contribution in [3.8, 4) is 11.8 Å². The maximum atomic E-state index is 13.1. The Balaban J connectivity index is 2.31. The third kappa shape index (κ3) is 3.98. The molecule has 0 aliphatic rings. The lowest BCUT2D eigenvalue weighted by Crippen LogP contribution is -2.24. The van der Waals surface area contributed by atoms with E-state index in [2.05, 4.69) is 15.0 Å². The van der Waals surface area contributed by atoms with Crippen LogP contribution in [0.4, 0.5) is 14.7 Å². The van der Waals surface area contributed by atoms with Crippen molar-refractivity contribution in [3.05, 3.63) is 35.1 Å². The predicted octanol–water partition coefficient (Wildman–Crippen LogP) is 3.44. The van der Waals surface area contributed by atoms with Crippen molar-refractivity contribution in [2.45, 2.75) is 13.8 Å². The highest BCUT2D eigenvalue weighted by Crippen LogP contribution is 2.23. The summed E-state index contributed by atoms with van der Waals surface area (Å²) in [7, 11) is 0. The molecule has 0 saturated carbocycles. The van der Waals surface area contributed by atoms with Gasteiger partial charge in [0.1, 0.15) is 17.4 Å². The fourth-order valence-corrected chi connectivity index (χ4v) is 1.86. The number of hydrogen-bond donors (Lipinski definition) is 0. The third-order valence-corrected chi connectivity index (χ3v) is 2.84. The Morgan fingerprint density at radius 1 is 1.05 bits per heavy atom. The number of rotatable bonds is 5. The number of halogens is 3. The van der Waals surface area contributed by atoms with E-state index in [1.807, 2.05) is 18.7 Å². The van der Waals surface area contributed by atoms with Crippen LogP contribution in [0.2, 0.25) is 5.28 Å². The van der Waals surface area contributed by atoms with Crippen molar-refractivity contribution >= 4 is 17.5 Å². The monoisotopic (exact) mass is 314 g/mol. The first-order valence-corrected chi connectivity index (χ1v) is 6.70. The Morgan fingerprint density at radius 2 is 1.67 bits per heavy atom. The van der Waals surface area contributed by atoms with Crippen LogP contribution in [-0.2, 0) is 0 Å². The summed E-state index contributed by atoms with van der Waals surface area (Å²) in [5.74, 6) is -1.23. The molecule has 0 radical (unpaired) electrons. The van der Waals surface area contributed by atoms with Crippen molar-refractivity contribution in [1.29, 1.82) is 0 Å². The minimum Gasteiger partial charge on any atom is -0.424 e. The van der Waals surface area contributed by atoms with Gasteiger partial charge in [-0.1, -0.05) is 0 Å². The number of benzene rings is 1. The van der Waals surface area contributed by atoms with Crippen molar-refractivity contribution < 1.29 is 13.5 Å². The standard InChI is InChI=1S/C13H13ClF2N4O/c1-3-20(4-2)12-17-11(14)18-13(19-12)21-10-6-8(15)5-9(16)7-10/h5-7H,3-4H2,1-2H3. The summed E-state index contributed by atoms with van der Waals surface area (Å²) in [6, 6.07) is 2.67. The number of ether oxygens (including phenoxy) is 1. The van der Waals surface area contributed by atoms with E-state index in [1.165, 1.54) is 0 Å². The zero-order valence-corrected chi connectivity index (χ0v) is 12.2. The SMILES string of the molecule is CCN(CC)c1nc(Cl)nc(Oc2cc(F)cc(F)c2)n1. The molecular formula is C13H13ClF2N4O. The van der Waals surface area contributed by atoms with Gasteiger partial charge >= 0.3 is 6.01 Å². The van der Waals surface area contributed by atoms with Gasteiger partial charge in [0.25, 0.3) is 0 Å². The molecule has 1 heterocycles. The van der Waals surface area contributed by atoms with Gasteiger partial charge in [0, 0.05) is 31.3 Å². The zero-order chi connectivity index (χ0) is 15.4. The molecule has 0 atom stereocenters. The van der Waals surface area contributed by atoms with Crippen molar-refractivity contribution in [3.63, 3.8) is 0 Å². The molecular weight excluding hydrogens is 302 g/mol. The average Bonchev–Trinajstić information content (AvgIpc) is 2.38. The molecule has 8 heteroatoms. The molecule has 0 amide bonds. The van der Waals surface area contributed by atoms with E-state index in [9.17, 15) is 8.78 Å². The van der Waals surface area contributed by atoms with E-state index in [0.29, 0.717) is 19.0 Å². The van der Waals surface area contributed by atoms with Gasteiger partial charge in [-0.25, -0.2) is 8.78 Å². The molecule has 1 aromatic heterocycles. The second-order valence-electron chi connectivity index (χ2n) is 4.07. The van der Waals surface area contributed by atoms with Crippen molar-refractivity contribution in [1.82, 2.24) is 15.0 Å². The number of nitrogens with zero attached hydrogens (tertiary/aromatic N) is 4. The first-order chi connectivity index (χ1) is 10.0. The van der Waals surface area contributed by atoms with Crippen LogP contribution in [0.5, 0.6) is 11.8 Å². The molecule has 0 spiro atoms. The second-order valence-corrected chi connectivity index (χ2v) is 4.40. The molecule has 21 heavy (non-hydrogen) atoms. The quantitative estimate of drug-likeness (QED) is 0.846. The van der Waals surface area contributed by atoms with E-state index >= 15 is 0 Å². The first kappa shape index (κ1) is 15.4. The molecule has 112 valence electrons. The van der Waals surface area contributed by atoms with Crippen LogP contribution in [0.25, 0.3) is 0 Å². The minimum atomic E-state index is -0.755. The van der Waals surface area contributed by atoms with E-state index in [-0.39, 0.29) is 17.0 Å². The van der Waals surface area contributed by atoms with Gasteiger partial charge < -0.3 is 9.64 Å². The lowest BCUT2D eigenvalue weighted by Gasteiger charge is -2.18. The van der Waals surface area contributed by atoms with Crippen LogP contribution >= 0.6 is 11.6 Å². The van der Waals surface area contributed by atoms with E-state index in [1.54, 1.807) is 0 Å². The summed E-state index contributed by atoms with van der Waals surface area (Å²) < 4.78 is 31.5. The molecule has 2 rings (SSSR count). The Kier molecular flexibility index (Phi) is 4.85. The van der Waals surface area contributed by atoms with Crippen molar-refractivity contribution in [2.75, 3.05) is 18.0 Å². The summed E-state index contributed by atoms with van der Waals surface area (Å²) in [6.45, 7) is 5.21. The van der Waals surface area contributed by atoms with Gasteiger partial charge in [0.2, 0.25) is 11.2 Å². The Hall–Kier alpha value is -2.02. The molecule has 0 bridgehead atoms. The Morgan fingerprint density at radius 3 is 2.24 bits per heavy atom. The molecule has 0 unspecified atom stereocenters. The number of anilines is 1. The first-order valence-electron chi connectivity index (χ1n) is 6.32. The molecule has 0 N–H and O–H groups in total. The highest BCUT2D eigenvalue weighted by Gasteiger charge is 2.12. The fourth-order valence-electron chi connectivity index (χ4n) is 1.71. The molecule has 1 aromatic carbocycles. The van der Waals surface area contributed by atoms with Gasteiger partial charge in [-0.05, 0) is 25.4 Å². The van der Waals surface area contributed by atoms with Gasteiger partial charge in [-0.15, -0.1) is 0 Å². The smallest absolute Gasteiger partial charge is 0.328 e. The summed E-state index contributed by atoms with van der Waals surface area (Å²) in [6.07, 6.45) is 0. The summed E-state index contributed by atoms with van der Waals surface area (Å²) in [4.78, 5) is 13.7. The van der Waals surface area contributed by atoms with Crippen LogP contribution in [-0.4, -0.2) is 28.0 Å². The van der Waals surface area contributed by atoms with Crippen molar-refractivity contribution in [2.24, 2.45) is 0 Å². The topological polar surface area (TPSA) is 51.1 Å². The highest BCUT2D eigenvalue weighted by molar-refractivity contribution is 6.28. The average molecular weight is 315 g/mol. The van der Waals surface area contributed by atoms with Gasteiger partial charge in [-0.2, -0.15) is 15.0 Å². The van der Waals surface area contributed by atoms with E-state index in [0.717, 1.165) is 18.2 Å². The highest BCUT2D eigenvalue weighted by atomic mass is 35.5. The summed E-state index contributed by atoms with van der Waals surface area (Å²) in [5.41, 5.74) is 0. The Bertz CT molecular complexity index is 617. The van der Waals surface area contributed by atoms with Gasteiger partial charge in [0.15, 0.2) is 0 Å². The molecule has 0 saturated heterocycles. The molecule has 0 aliphatic carbocycles. The molecule has 2 aromatic rings. The second kappa shape index (κ2) is 6.62. The normalized spacial score (nSPS) is 10.5. The Labute approximate surface area is 125 Å². The van der Waals surface area contributed by atoms with Gasteiger partial charge in [0.05, 0.1) is 0 Å². The largest absolute Gasteiger partial charge is 0.424 e. The molecule has 0 fully saturated rings. The zero-order valence-electron chi connectivity index (χ0n) is 11.5. The third-order valence-electron chi connectivity index (χ3n) is 2.67. The predicted molar refractivity (Wildman–Crippen MR) is 74.8 cm³/mol. The summed E-state index contributed by atoms with van der Waals surface area (Å²) >= 11 is 5.82. The van der Waals surface area contributed by atoms with Crippen LogP contribution in [0.15, 0.2) is 18.2 Å². The maximum absolute atomic E-state index is 13.1. The van der Waals surface area contributed by atoms with Crippen LogP contribution in [0.3, 0.4) is 0 Å². The lowest BCUT2D eigenvalue weighted by molar-refractivity contribution is 0.430. The number of hydrogen-bond acceptors (Lipinski definition) is 5. The van der Waals surface area contributed by atoms with Crippen LogP contribution < -0.4 is 9.64 Å². The maximum Gasteiger partial charge on any atom is 0.328 e. The van der Waals surface area contributed by atoms with Crippen LogP contribution in [0.1, 0.15) is 13.8 Å². The van der Waals surface area contributed by atoms with Crippen LogP contribution in [0, 0.1) is 11.6 Å². The van der Waals surface area contributed by atoms with E-state index in [4.69, 9.17) is 16.3 Å². The molecule has 0 aliphatic heterocycles. The minimum absolute atomic E-state index is 0.0553. The lowest BCUT2D eigenvalue weighted by atomic mass is 10.3. The van der Waals surface area contributed by atoms with E-state index < -0.39 is 11.6 Å². The summed E-state index contributed by atoms with van der Waals surface area (Å²) in [5, 5.41) is -0.0567. The molecule has 5 nitrogen and oxygen atoms in total.